The van der Waals surface area contributed by atoms with Crippen molar-refractivity contribution in [2.45, 2.75) is 52.2 Å². The van der Waals surface area contributed by atoms with Crippen LogP contribution in [0.2, 0.25) is 0 Å². The van der Waals surface area contributed by atoms with E-state index in [4.69, 9.17) is 18.9 Å². The first kappa shape index (κ1) is 28.5. The molecule has 0 bridgehead atoms. The molecule has 0 radical (unpaired) electrons. The average molecular weight is 504 g/mol. The van der Waals surface area contributed by atoms with Gasteiger partial charge in [-0.2, -0.15) is 11.8 Å². The fraction of sp³-hybridized carbons (Fsp3) is 0.481. The van der Waals surface area contributed by atoms with Gasteiger partial charge in [0, 0.05) is 18.6 Å². The van der Waals surface area contributed by atoms with Gasteiger partial charge < -0.3 is 24.3 Å². The average Bonchev–Trinajstić information content (AvgIpc) is 2.87. The number of nitrogens with one attached hydrogen (secondary N) is 1. The number of carbonyl (C=O) groups is 2. The van der Waals surface area contributed by atoms with Crippen molar-refractivity contribution in [3.63, 3.8) is 0 Å². The van der Waals surface area contributed by atoms with Crippen molar-refractivity contribution < 1.29 is 28.5 Å². The molecule has 0 spiro atoms. The number of para-hydroxylation sites is 3. The predicted octanol–water partition coefficient (Wildman–Crippen LogP) is 5.69. The number of carbonyl (C=O) groups excluding carboxylic acids is 2. The van der Waals surface area contributed by atoms with Gasteiger partial charge in [0.25, 0.3) is 0 Å². The van der Waals surface area contributed by atoms with Gasteiger partial charge in [0.1, 0.15) is 11.5 Å². The maximum atomic E-state index is 12.3. The van der Waals surface area contributed by atoms with Crippen LogP contribution in [-0.2, 0) is 19.1 Å². The van der Waals surface area contributed by atoms with Crippen molar-refractivity contribution in [3.05, 3.63) is 54.6 Å². The highest BCUT2D eigenvalue weighted by Crippen LogP contribution is 2.24. The van der Waals surface area contributed by atoms with E-state index in [1.807, 2.05) is 36.4 Å². The van der Waals surface area contributed by atoms with E-state index in [1.54, 1.807) is 30.0 Å². The molecule has 2 aromatic carbocycles. The lowest BCUT2D eigenvalue weighted by Gasteiger charge is -2.19. The standard InChI is InChI=1S/C27H37NO6S/c1-3-5-17-32-27(34-26(30)21-33-22-11-7-6-8-12-22)15-18-31-24-14-10-9-13-23(24)28-25(29)16-20-35-19-4-2/h6-14,27H,3-5,15-21H2,1-2H3,(H,28,29). The van der Waals surface area contributed by atoms with E-state index in [-0.39, 0.29) is 19.1 Å². The molecule has 0 aliphatic rings. The Morgan fingerprint density at radius 2 is 1.69 bits per heavy atom. The van der Waals surface area contributed by atoms with Gasteiger partial charge in [0.15, 0.2) is 6.61 Å². The number of thioether (sulfide) groups is 1. The molecule has 2 rings (SSSR count). The molecule has 192 valence electrons. The van der Waals surface area contributed by atoms with Gasteiger partial charge in [-0.1, -0.05) is 50.6 Å². The van der Waals surface area contributed by atoms with Gasteiger partial charge in [-0.05, 0) is 42.9 Å². The van der Waals surface area contributed by atoms with Crippen LogP contribution >= 0.6 is 11.8 Å². The van der Waals surface area contributed by atoms with Crippen LogP contribution in [0.1, 0.15) is 46.0 Å². The Labute approximate surface area is 212 Å². The summed E-state index contributed by atoms with van der Waals surface area (Å²) >= 11 is 1.77. The molecule has 0 fully saturated rings. The first-order valence-corrected chi connectivity index (χ1v) is 13.4. The third-order valence-electron chi connectivity index (χ3n) is 4.76. The smallest absolute Gasteiger partial charge is 0.346 e. The fourth-order valence-electron chi connectivity index (χ4n) is 2.96. The monoisotopic (exact) mass is 503 g/mol. The number of rotatable bonds is 18. The molecule has 1 atom stereocenters. The number of benzene rings is 2. The minimum Gasteiger partial charge on any atom is -0.491 e. The first-order valence-electron chi connectivity index (χ1n) is 12.2. The van der Waals surface area contributed by atoms with Crippen LogP contribution in [0.5, 0.6) is 11.5 Å². The summed E-state index contributed by atoms with van der Waals surface area (Å²) in [5, 5.41) is 2.92. The molecule has 0 aromatic heterocycles. The zero-order valence-electron chi connectivity index (χ0n) is 20.7. The predicted molar refractivity (Wildman–Crippen MR) is 140 cm³/mol. The number of unbranched alkanes of at least 4 members (excludes halogenated alkanes) is 1. The van der Waals surface area contributed by atoms with E-state index in [0.717, 1.165) is 30.8 Å². The highest BCUT2D eigenvalue weighted by atomic mass is 32.2. The molecule has 0 saturated heterocycles. The number of amides is 1. The molecule has 1 amide bonds. The van der Waals surface area contributed by atoms with Crippen LogP contribution < -0.4 is 14.8 Å². The third-order valence-corrected chi connectivity index (χ3v) is 5.95. The number of hydrogen-bond acceptors (Lipinski definition) is 7. The molecule has 0 saturated carbocycles. The van der Waals surface area contributed by atoms with E-state index in [2.05, 4.69) is 19.2 Å². The number of ether oxygens (including phenoxy) is 4. The molecule has 8 heteroatoms. The Kier molecular flexibility index (Phi) is 14.4. The van der Waals surface area contributed by atoms with Crippen LogP contribution in [0.15, 0.2) is 54.6 Å². The van der Waals surface area contributed by atoms with E-state index in [9.17, 15) is 9.59 Å². The molecule has 35 heavy (non-hydrogen) atoms. The Morgan fingerprint density at radius 3 is 2.46 bits per heavy atom. The molecule has 7 nitrogen and oxygen atoms in total. The minimum atomic E-state index is -0.745. The molecular weight excluding hydrogens is 466 g/mol. The molecule has 0 aliphatic heterocycles. The molecule has 0 heterocycles. The molecule has 1 N–H and O–H groups in total. The molecular formula is C27H37NO6S. The minimum absolute atomic E-state index is 0.0437. The Balaban J connectivity index is 1.83. The highest BCUT2D eigenvalue weighted by molar-refractivity contribution is 7.99. The number of anilines is 1. The van der Waals surface area contributed by atoms with E-state index in [1.165, 1.54) is 0 Å². The van der Waals surface area contributed by atoms with Gasteiger partial charge >= 0.3 is 5.97 Å². The molecule has 1 unspecified atom stereocenters. The lowest BCUT2D eigenvalue weighted by Crippen LogP contribution is -2.27. The van der Waals surface area contributed by atoms with Crippen LogP contribution in [0.3, 0.4) is 0 Å². The van der Waals surface area contributed by atoms with E-state index in [0.29, 0.717) is 36.6 Å². The van der Waals surface area contributed by atoms with Crippen molar-refractivity contribution in [3.8, 4) is 11.5 Å². The zero-order chi connectivity index (χ0) is 25.1. The third kappa shape index (κ3) is 12.5. The summed E-state index contributed by atoms with van der Waals surface area (Å²) in [5.74, 6) is 2.45. The SMILES string of the molecule is CCCCOC(CCOc1ccccc1NC(=O)CCSCCC)OC(=O)COc1ccccc1. The second-order valence-electron chi connectivity index (χ2n) is 7.79. The largest absolute Gasteiger partial charge is 0.491 e. The zero-order valence-corrected chi connectivity index (χ0v) is 21.5. The fourth-order valence-corrected chi connectivity index (χ4v) is 3.78. The van der Waals surface area contributed by atoms with Crippen molar-refractivity contribution >= 4 is 29.3 Å². The van der Waals surface area contributed by atoms with E-state index >= 15 is 0 Å². The summed E-state index contributed by atoms with van der Waals surface area (Å²) in [6.45, 7) is 4.72. The van der Waals surface area contributed by atoms with Gasteiger partial charge in [-0.25, -0.2) is 4.79 Å². The summed E-state index contributed by atoms with van der Waals surface area (Å²) in [7, 11) is 0. The van der Waals surface area contributed by atoms with Crippen molar-refractivity contribution in [2.75, 3.05) is 36.6 Å². The van der Waals surface area contributed by atoms with Gasteiger partial charge in [0.05, 0.1) is 18.9 Å². The highest BCUT2D eigenvalue weighted by Gasteiger charge is 2.17. The normalized spacial score (nSPS) is 11.5. The molecule has 2 aromatic rings. The topological polar surface area (TPSA) is 83.1 Å². The van der Waals surface area contributed by atoms with Crippen LogP contribution in [-0.4, -0.2) is 49.5 Å². The van der Waals surface area contributed by atoms with Gasteiger partial charge in [-0.15, -0.1) is 0 Å². The number of esters is 1. The lowest BCUT2D eigenvalue weighted by atomic mass is 10.3. The summed E-state index contributed by atoms with van der Waals surface area (Å²) < 4.78 is 22.6. The maximum Gasteiger partial charge on any atom is 0.346 e. The van der Waals surface area contributed by atoms with Crippen LogP contribution in [0.25, 0.3) is 0 Å². The Bertz CT molecular complexity index is 864. The van der Waals surface area contributed by atoms with Gasteiger partial charge in [0.2, 0.25) is 12.2 Å². The van der Waals surface area contributed by atoms with Crippen molar-refractivity contribution in [1.29, 1.82) is 0 Å². The molecule has 0 aliphatic carbocycles. The van der Waals surface area contributed by atoms with E-state index < -0.39 is 12.3 Å². The van der Waals surface area contributed by atoms with Crippen LogP contribution in [0.4, 0.5) is 5.69 Å². The summed E-state index contributed by atoms with van der Waals surface area (Å²) in [4.78, 5) is 24.6. The second kappa shape index (κ2) is 17.7. The van der Waals surface area contributed by atoms with Crippen molar-refractivity contribution in [1.82, 2.24) is 0 Å². The van der Waals surface area contributed by atoms with Gasteiger partial charge in [-0.3, -0.25) is 4.79 Å². The second-order valence-corrected chi connectivity index (χ2v) is 9.01. The summed E-state index contributed by atoms with van der Waals surface area (Å²) in [5.41, 5.74) is 0.620. The first-order chi connectivity index (χ1) is 17.1. The number of hydrogen-bond donors (Lipinski definition) is 1. The van der Waals surface area contributed by atoms with Crippen LogP contribution in [0, 0.1) is 0 Å². The Hall–Kier alpha value is -2.71. The Morgan fingerprint density at radius 1 is 0.914 bits per heavy atom. The van der Waals surface area contributed by atoms with Crippen molar-refractivity contribution in [2.24, 2.45) is 0 Å². The maximum absolute atomic E-state index is 12.3. The summed E-state index contributed by atoms with van der Waals surface area (Å²) in [6.07, 6.45) is 2.98. The summed E-state index contributed by atoms with van der Waals surface area (Å²) in [6, 6.07) is 16.4. The quantitative estimate of drug-likeness (QED) is 0.159. The lowest BCUT2D eigenvalue weighted by molar-refractivity contribution is -0.183.